The average Bonchev–Trinajstić information content (AvgIpc) is 3.00. The molecule has 0 heterocycles. The highest BCUT2D eigenvalue weighted by atomic mass is 16.3. The van der Waals surface area contributed by atoms with Gasteiger partial charge < -0.3 is 5.11 Å². The summed E-state index contributed by atoms with van der Waals surface area (Å²) >= 11 is 0. The fourth-order valence-corrected chi connectivity index (χ4v) is 4.83. The minimum absolute atomic E-state index is 0.396. The van der Waals surface area contributed by atoms with Gasteiger partial charge in [0, 0.05) is 0 Å². The van der Waals surface area contributed by atoms with Crippen molar-refractivity contribution < 1.29 is 5.11 Å². The first-order chi connectivity index (χ1) is 8.16. The highest BCUT2D eigenvalue weighted by molar-refractivity contribution is 5.23. The molecular formula is C15H23NO. The predicted octanol–water partition coefficient (Wildman–Crippen LogP) is 3.26. The van der Waals surface area contributed by atoms with Crippen LogP contribution in [0.5, 0.6) is 0 Å². The Hall–Kier alpha value is -0.550. The quantitative estimate of drug-likeness (QED) is 0.810. The third-order valence-corrected chi connectivity index (χ3v) is 5.70. The Morgan fingerprint density at radius 1 is 1.35 bits per heavy atom. The number of nitriles is 1. The Labute approximate surface area is 104 Å². The maximum atomic E-state index is 11.2. The molecule has 3 aliphatic rings. The zero-order valence-electron chi connectivity index (χ0n) is 10.8. The third-order valence-electron chi connectivity index (χ3n) is 5.70. The average molecular weight is 233 g/mol. The minimum atomic E-state index is -0.670. The van der Waals surface area contributed by atoms with Gasteiger partial charge >= 0.3 is 0 Å². The summed E-state index contributed by atoms with van der Waals surface area (Å²) in [5, 5.41) is 21.0. The second-order valence-electron chi connectivity index (χ2n) is 6.61. The van der Waals surface area contributed by atoms with Crippen molar-refractivity contribution in [2.24, 2.45) is 23.2 Å². The second-order valence-corrected chi connectivity index (χ2v) is 6.61. The lowest BCUT2D eigenvalue weighted by Gasteiger charge is -2.46. The van der Waals surface area contributed by atoms with Crippen LogP contribution in [0.3, 0.4) is 0 Å². The maximum Gasteiger partial charge on any atom is 0.0893 e. The topological polar surface area (TPSA) is 44.0 Å². The molecule has 0 aliphatic heterocycles. The maximum absolute atomic E-state index is 11.2. The molecule has 2 heteroatoms. The van der Waals surface area contributed by atoms with Crippen molar-refractivity contribution in [3.63, 3.8) is 0 Å². The number of hydrogen-bond acceptors (Lipinski definition) is 2. The normalized spacial score (nSPS) is 43.4. The van der Waals surface area contributed by atoms with E-state index in [1.54, 1.807) is 0 Å². The fourth-order valence-electron chi connectivity index (χ4n) is 4.83. The Balaban J connectivity index is 1.96. The molecule has 17 heavy (non-hydrogen) atoms. The van der Waals surface area contributed by atoms with E-state index in [0.29, 0.717) is 11.8 Å². The van der Waals surface area contributed by atoms with Crippen LogP contribution >= 0.6 is 0 Å². The standard InChI is InChI=1S/C15H23NO/c1-2-7-15(17,12-5-6-12)14(10-16)9-11-3-4-13(14)8-11/h11-13,17H,2-9H2,1H3. The number of rotatable bonds is 4. The van der Waals surface area contributed by atoms with Gasteiger partial charge in [0.15, 0.2) is 0 Å². The smallest absolute Gasteiger partial charge is 0.0893 e. The summed E-state index contributed by atoms with van der Waals surface area (Å²) in [5.74, 6) is 1.62. The molecule has 0 aromatic rings. The molecule has 0 aromatic heterocycles. The van der Waals surface area contributed by atoms with Gasteiger partial charge in [0.1, 0.15) is 0 Å². The van der Waals surface area contributed by atoms with Crippen LogP contribution < -0.4 is 0 Å². The molecule has 0 spiro atoms. The van der Waals surface area contributed by atoms with Crippen molar-refractivity contribution >= 4 is 0 Å². The van der Waals surface area contributed by atoms with E-state index >= 15 is 0 Å². The molecule has 2 bridgehead atoms. The van der Waals surface area contributed by atoms with Gasteiger partial charge in [0.2, 0.25) is 0 Å². The first-order valence-corrected chi connectivity index (χ1v) is 7.30. The molecule has 3 saturated carbocycles. The van der Waals surface area contributed by atoms with Gasteiger partial charge in [-0.05, 0) is 56.3 Å². The van der Waals surface area contributed by atoms with Gasteiger partial charge in [-0.1, -0.05) is 19.8 Å². The van der Waals surface area contributed by atoms with Gasteiger partial charge in [-0.3, -0.25) is 0 Å². The Kier molecular flexibility index (Phi) is 2.52. The van der Waals surface area contributed by atoms with E-state index in [4.69, 9.17) is 0 Å². The summed E-state index contributed by atoms with van der Waals surface area (Å²) in [5.41, 5.74) is -1.07. The zero-order valence-corrected chi connectivity index (χ0v) is 10.8. The first kappa shape index (κ1) is 11.5. The summed E-state index contributed by atoms with van der Waals surface area (Å²) < 4.78 is 0. The van der Waals surface area contributed by atoms with E-state index in [-0.39, 0.29) is 0 Å². The van der Waals surface area contributed by atoms with Gasteiger partial charge in [-0.15, -0.1) is 0 Å². The lowest BCUT2D eigenvalue weighted by molar-refractivity contribution is -0.105. The molecule has 0 aromatic carbocycles. The van der Waals surface area contributed by atoms with Crippen LogP contribution in [0.1, 0.15) is 58.3 Å². The molecule has 0 radical (unpaired) electrons. The Morgan fingerprint density at radius 3 is 2.53 bits per heavy atom. The Morgan fingerprint density at radius 2 is 2.12 bits per heavy atom. The molecule has 3 aliphatic carbocycles. The van der Waals surface area contributed by atoms with Gasteiger partial charge in [0.05, 0.1) is 17.1 Å². The largest absolute Gasteiger partial charge is 0.388 e. The van der Waals surface area contributed by atoms with Gasteiger partial charge in [-0.25, -0.2) is 0 Å². The van der Waals surface area contributed by atoms with Crippen LogP contribution in [0.2, 0.25) is 0 Å². The Bertz CT molecular complexity index is 356. The number of nitrogens with zero attached hydrogens (tertiary/aromatic N) is 1. The molecule has 0 amide bonds. The fraction of sp³-hybridized carbons (Fsp3) is 0.933. The lowest BCUT2D eigenvalue weighted by atomic mass is 9.60. The van der Waals surface area contributed by atoms with Crippen LogP contribution in [-0.2, 0) is 0 Å². The van der Waals surface area contributed by atoms with Crippen molar-refractivity contribution in [2.75, 3.05) is 0 Å². The van der Waals surface area contributed by atoms with Crippen molar-refractivity contribution in [1.82, 2.24) is 0 Å². The number of fused-ring (bicyclic) bond motifs is 2. The predicted molar refractivity (Wildman–Crippen MR) is 66.1 cm³/mol. The molecule has 1 N–H and O–H groups in total. The van der Waals surface area contributed by atoms with E-state index in [1.807, 2.05) is 0 Å². The summed E-state index contributed by atoms with van der Waals surface area (Å²) in [7, 11) is 0. The lowest BCUT2D eigenvalue weighted by Crippen LogP contribution is -2.52. The summed E-state index contributed by atoms with van der Waals surface area (Å²) in [4.78, 5) is 0. The van der Waals surface area contributed by atoms with Crippen molar-refractivity contribution in [3.8, 4) is 6.07 Å². The van der Waals surface area contributed by atoms with Crippen molar-refractivity contribution in [1.29, 1.82) is 5.26 Å². The number of aliphatic hydroxyl groups is 1. The van der Waals surface area contributed by atoms with Gasteiger partial charge in [-0.2, -0.15) is 5.26 Å². The van der Waals surface area contributed by atoms with Crippen molar-refractivity contribution in [3.05, 3.63) is 0 Å². The molecule has 94 valence electrons. The van der Waals surface area contributed by atoms with Crippen LogP contribution in [0.25, 0.3) is 0 Å². The zero-order chi connectivity index (χ0) is 12.1. The summed E-state index contributed by atoms with van der Waals surface area (Å²) in [6.07, 6.45) is 8.74. The monoisotopic (exact) mass is 233 g/mol. The molecule has 4 unspecified atom stereocenters. The van der Waals surface area contributed by atoms with E-state index in [9.17, 15) is 10.4 Å². The SMILES string of the molecule is CCCC(O)(C1CC1)C1(C#N)CC2CCC1C2. The van der Waals surface area contributed by atoms with Crippen LogP contribution in [0.15, 0.2) is 0 Å². The molecule has 0 saturated heterocycles. The molecule has 3 rings (SSSR count). The summed E-state index contributed by atoms with van der Waals surface area (Å²) in [6.45, 7) is 2.13. The minimum Gasteiger partial charge on any atom is -0.388 e. The van der Waals surface area contributed by atoms with Crippen LogP contribution in [0.4, 0.5) is 0 Å². The number of hydrogen-bond donors (Lipinski definition) is 1. The third kappa shape index (κ3) is 1.41. The molecule has 3 fully saturated rings. The second kappa shape index (κ2) is 3.72. The first-order valence-electron chi connectivity index (χ1n) is 7.30. The van der Waals surface area contributed by atoms with Crippen molar-refractivity contribution in [2.45, 2.75) is 63.9 Å². The highest BCUT2D eigenvalue weighted by Gasteiger charge is 2.65. The van der Waals surface area contributed by atoms with E-state index in [1.165, 1.54) is 19.3 Å². The van der Waals surface area contributed by atoms with Crippen LogP contribution in [-0.4, -0.2) is 10.7 Å². The molecule has 4 atom stereocenters. The molecular weight excluding hydrogens is 210 g/mol. The molecule has 2 nitrogen and oxygen atoms in total. The van der Waals surface area contributed by atoms with E-state index in [2.05, 4.69) is 13.0 Å². The van der Waals surface area contributed by atoms with Gasteiger partial charge in [0.25, 0.3) is 0 Å². The van der Waals surface area contributed by atoms with E-state index < -0.39 is 11.0 Å². The highest BCUT2D eigenvalue weighted by Crippen LogP contribution is 2.65. The van der Waals surface area contributed by atoms with E-state index in [0.717, 1.165) is 38.0 Å². The van der Waals surface area contributed by atoms with Crippen LogP contribution in [0, 0.1) is 34.5 Å². The summed E-state index contributed by atoms with van der Waals surface area (Å²) in [6, 6.07) is 2.61.